The van der Waals surface area contributed by atoms with E-state index in [2.05, 4.69) is 29.1 Å². The highest BCUT2D eigenvalue weighted by Gasteiger charge is 2.36. The molecule has 9 heteroatoms. The summed E-state index contributed by atoms with van der Waals surface area (Å²) >= 11 is 0. The second kappa shape index (κ2) is 16.5. The Morgan fingerprint density at radius 3 is 2.40 bits per heavy atom. The minimum Gasteiger partial charge on any atom is -0.463 e. The summed E-state index contributed by atoms with van der Waals surface area (Å²) in [5.74, 6) is -2.70. The minimum absolute atomic E-state index is 0.137. The first-order valence-electron chi connectivity index (χ1n) is 14.7. The highest BCUT2D eigenvalue weighted by atomic mass is 16.5. The number of anilines is 1. The van der Waals surface area contributed by atoms with Crippen LogP contribution in [-0.2, 0) is 23.9 Å². The monoisotopic (exact) mass is 577 g/mol. The van der Waals surface area contributed by atoms with Crippen molar-refractivity contribution < 1.29 is 29.0 Å². The van der Waals surface area contributed by atoms with Crippen molar-refractivity contribution in [2.45, 2.75) is 75.8 Å². The predicted molar refractivity (Wildman–Crippen MR) is 163 cm³/mol. The zero-order chi connectivity index (χ0) is 30.4. The number of ether oxygens (including phenoxy) is 1. The number of aliphatic hydroxyl groups excluding tert-OH is 1. The van der Waals surface area contributed by atoms with E-state index in [9.17, 15) is 24.3 Å². The molecule has 2 atom stereocenters. The third-order valence-electron chi connectivity index (χ3n) is 7.62. The number of rotatable bonds is 17. The van der Waals surface area contributed by atoms with Gasteiger partial charge in [0.25, 0.3) is 5.91 Å². The Hall–Kier alpha value is -3.98. The number of unbranched alkanes of at least 4 members (excludes halogenated alkanes) is 2. The SMILES string of the molecule is C=CCCCCC(=O)OC[C@H](NC(=O)[C@@H](CC=C)CC(=O)NC1(CO)CCCC1)C(=O)Nc1ccc2ccccc2c1. The van der Waals surface area contributed by atoms with E-state index >= 15 is 0 Å². The van der Waals surface area contributed by atoms with Gasteiger partial charge in [0.15, 0.2) is 0 Å². The molecular weight excluding hydrogens is 534 g/mol. The molecule has 0 aliphatic heterocycles. The van der Waals surface area contributed by atoms with Crippen molar-refractivity contribution in [2.24, 2.45) is 5.92 Å². The molecule has 1 aliphatic carbocycles. The lowest BCUT2D eigenvalue weighted by molar-refractivity contribution is -0.146. The molecule has 0 bridgehead atoms. The summed E-state index contributed by atoms with van der Waals surface area (Å²) < 4.78 is 5.38. The van der Waals surface area contributed by atoms with Gasteiger partial charge < -0.3 is 25.8 Å². The standard InChI is InChI=1S/C33H43N3O6/c1-3-5-6-7-15-30(39)42-22-28(32(41)34-27-17-16-24-13-8-9-14-25(24)20-27)35-31(40)26(12-4-2)21-29(38)36-33(23-37)18-10-11-19-33/h3-4,8-9,13-14,16-17,20,26,28,37H,1-2,5-7,10-12,15,18-19,21-23H2,(H,34,41)(H,35,40)(H,36,38)/t26-,28-/m0/s1. The van der Waals surface area contributed by atoms with Gasteiger partial charge in [-0.05, 0) is 61.4 Å². The van der Waals surface area contributed by atoms with Crippen LogP contribution in [0.15, 0.2) is 67.8 Å². The van der Waals surface area contributed by atoms with Gasteiger partial charge in [-0.3, -0.25) is 19.2 Å². The van der Waals surface area contributed by atoms with Crippen LogP contribution >= 0.6 is 0 Å². The van der Waals surface area contributed by atoms with E-state index in [1.165, 1.54) is 0 Å². The van der Waals surface area contributed by atoms with Crippen molar-refractivity contribution in [1.82, 2.24) is 10.6 Å². The molecule has 1 saturated carbocycles. The highest BCUT2D eigenvalue weighted by molar-refractivity contribution is 5.99. The van der Waals surface area contributed by atoms with Crippen molar-refractivity contribution in [3.8, 4) is 0 Å². The summed E-state index contributed by atoms with van der Waals surface area (Å²) in [4.78, 5) is 52.0. The molecular formula is C33H43N3O6. The summed E-state index contributed by atoms with van der Waals surface area (Å²) in [6.07, 6.45) is 8.98. The van der Waals surface area contributed by atoms with Gasteiger partial charge in [0.1, 0.15) is 12.6 Å². The molecule has 0 heterocycles. The fourth-order valence-corrected chi connectivity index (χ4v) is 5.20. The van der Waals surface area contributed by atoms with Crippen LogP contribution in [-0.4, -0.2) is 53.6 Å². The molecule has 0 spiro atoms. The van der Waals surface area contributed by atoms with Gasteiger partial charge in [-0.25, -0.2) is 0 Å². The molecule has 1 aliphatic rings. The summed E-state index contributed by atoms with van der Waals surface area (Å²) in [6.45, 7) is 6.87. The summed E-state index contributed by atoms with van der Waals surface area (Å²) in [5.41, 5.74) is -0.129. The quantitative estimate of drug-likeness (QED) is 0.124. The van der Waals surface area contributed by atoms with Gasteiger partial charge >= 0.3 is 5.97 Å². The van der Waals surface area contributed by atoms with Crippen LogP contribution in [0.2, 0.25) is 0 Å². The first kappa shape index (κ1) is 32.5. The number of carbonyl (C=O) groups excluding carboxylic acids is 4. The molecule has 2 aromatic rings. The lowest BCUT2D eigenvalue weighted by Gasteiger charge is -2.29. The van der Waals surface area contributed by atoms with Crippen molar-refractivity contribution in [1.29, 1.82) is 0 Å². The van der Waals surface area contributed by atoms with E-state index in [-0.39, 0.29) is 38.4 Å². The fraction of sp³-hybridized carbons (Fsp3) is 0.455. The maximum Gasteiger partial charge on any atom is 0.305 e. The smallest absolute Gasteiger partial charge is 0.305 e. The fourth-order valence-electron chi connectivity index (χ4n) is 5.20. The van der Waals surface area contributed by atoms with Crippen molar-refractivity contribution in [3.05, 3.63) is 67.8 Å². The summed E-state index contributed by atoms with van der Waals surface area (Å²) in [7, 11) is 0. The van der Waals surface area contributed by atoms with Crippen LogP contribution in [0.25, 0.3) is 10.8 Å². The van der Waals surface area contributed by atoms with Gasteiger partial charge in [-0.15, -0.1) is 13.2 Å². The molecule has 226 valence electrons. The van der Waals surface area contributed by atoms with Gasteiger partial charge in [-0.2, -0.15) is 0 Å². The molecule has 3 rings (SSSR count). The second-order valence-corrected chi connectivity index (χ2v) is 10.9. The van der Waals surface area contributed by atoms with E-state index < -0.39 is 35.3 Å². The molecule has 2 aromatic carbocycles. The first-order chi connectivity index (χ1) is 20.3. The van der Waals surface area contributed by atoms with Crippen molar-refractivity contribution in [3.63, 3.8) is 0 Å². The molecule has 4 N–H and O–H groups in total. The third-order valence-corrected chi connectivity index (χ3v) is 7.62. The first-order valence-corrected chi connectivity index (χ1v) is 14.7. The number of aliphatic hydroxyl groups is 1. The lowest BCUT2D eigenvalue weighted by Crippen LogP contribution is -2.51. The van der Waals surface area contributed by atoms with Crippen molar-refractivity contribution in [2.75, 3.05) is 18.5 Å². The van der Waals surface area contributed by atoms with Crippen LogP contribution in [0, 0.1) is 5.92 Å². The molecule has 0 radical (unpaired) electrons. The number of amides is 3. The maximum atomic E-state index is 13.4. The topological polar surface area (TPSA) is 134 Å². The van der Waals surface area contributed by atoms with Crippen molar-refractivity contribution >= 4 is 40.2 Å². The number of hydrogen-bond donors (Lipinski definition) is 4. The predicted octanol–water partition coefficient (Wildman–Crippen LogP) is 4.56. The third kappa shape index (κ3) is 9.83. The number of nitrogens with one attached hydrogen (secondary N) is 3. The maximum absolute atomic E-state index is 13.4. The molecule has 0 unspecified atom stereocenters. The normalized spacial score (nSPS) is 15.3. The lowest BCUT2D eigenvalue weighted by atomic mass is 9.95. The van der Waals surface area contributed by atoms with Gasteiger partial charge in [0, 0.05) is 18.5 Å². The molecule has 1 fully saturated rings. The van der Waals surface area contributed by atoms with Crippen LogP contribution in [0.3, 0.4) is 0 Å². The molecule has 3 amide bonds. The molecule has 42 heavy (non-hydrogen) atoms. The highest BCUT2D eigenvalue weighted by Crippen LogP contribution is 2.29. The number of fused-ring (bicyclic) bond motifs is 1. The van der Waals surface area contributed by atoms with E-state index in [0.717, 1.165) is 36.5 Å². The second-order valence-electron chi connectivity index (χ2n) is 10.9. The number of hydrogen-bond acceptors (Lipinski definition) is 6. The van der Waals surface area contributed by atoms with E-state index in [1.807, 2.05) is 36.4 Å². The van der Waals surface area contributed by atoms with Crippen LogP contribution in [0.1, 0.15) is 64.2 Å². The molecule has 0 saturated heterocycles. The zero-order valence-corrected chi connectivity index (χ0v) is 24.2. The minimum atomic E-state index is -1.19. The van der Waals surface area contributed by atoms with E-state index in [1.54, 1.807) is 18.2 Å². The van der Waals surface area contributed by atoms with Crippen LogP contribution in [0.5, 0.6) is 0 Å². The summed E-state index contributed by atoms with van der Waals surface area (Å²) in [6, 6.07) is 12.0. The number of benzene rings is 2. The number of carbonyl (C=O) groups is 4. The molecule has 9 nitrogen and oxygen atoms in total. The van der Waals surface area contributed by atoms with E-state index in [4.69, 9.17) is 4.74 Å². The Labute approximate surface area is 247 Å². The Morgan fingerprint density at radius 1 is 0.976 bits per heavy atom. The molecule has 0 aromatic heterocycles. The average Bonchev–Trinajstić information content (AvgIpc) is 3.45. The Balaban J connectivity index is 1.69. The Bertz CT molecular complexity index is 1250. The van der Waals surface area contributed by atoms with Gasteiger partial charge in [0.05, 0.1) is 18.1 Å². The Morgan fingerprint density at radius 2 is 1.71 bits per heavy atom. The largest absolute Gasteiger partial charge is 0.463 e. The van der Waals surface area contributed by atoms with Gasteiger partial charge in [0.2, 0.25) is 11.8 Å². The zero-order valence-electron chi connectivity index (χ0n) is 24.2. The van der Waals surface area contributed by atoms with E-state index in [0.29, 0.717) is 24.9 Å². The number of allylic oxidation sites excluding steroid dienone is 2. The van der Waals surface area contributed by atoms with Crippen LogP contribution < -0.4 is 16.0 Å². The van der Waals surface area contributed by atoms with Crippen LogP contribution in [0.4, 0.5) is 5.69 Å². The van der Waals surface area contributed by atoms with Gasteiger partial charge in [-0.1, -0.05) is 55.3 Å². The summed E-state index contributed by atoms with van der Waals surface area (Å²) in [5, 5.41) is 20.2. The number of esters is 1. The average molecular weight is 578 g/mol. The Kier molecular flexibility index (Phi) is 12.7.